The number of anilines is 1. The van der Waals surface area contributed by atoms with E-state index in [4.69, 9.17) is 5.73 Å². The van der Waals surface area contributed by atoms with Crippen LogP contribution < -0.4 is 16.6 Å². The molecular weight excluding hydrogens is 332 g/mol. The van der Waals surface area contributed by atoms with E-state index in [2.05, 4.69) is 5.32 Å². The molecule has 1 fully saturated rings. The van der Waals surface area contributed by atoms with Crippen LogP contribution in [0.15, 0.2) is 53.5 Å². The number of pyridine rings is 1. The second-order valence-corrected chi connectivity index (χ2v) is 6.47. The summed E-state index contributed by atoms with van der Waals surface area (Å²) < 4.78 is 1.53. The van der Waals surface area contributed by atoms with E-state index in [-0.39, 0.29) is 29.3 Å². The maximum Gasteiger partial charge on any atom is 0.255 e. The molecule has 26 heavy (non-hydrogen) atoms. The zero-order valence-corrected chi connectivity index (χ0v) is 14.6. The molecule has 1 aliphatic heterocycles. The van der Waals surface area contributed by atoms with Crippen molar-refractivity contribution in [2.24, 2.45) is 11.7 Å². The Kier molecular flexibility index (Phi) is 5.18. The van der Waals surface area contributed by atoms with E-state index in [9.17, 15) is 14.4 Å². The maximum absolute atomic E-state index is 12.5. The summed E-state index contributed by atoms with van der Waals surface area (Å²) in [6, 6.07) is 11.6. The second kappa shape index (κ2) is 7.53. The van der Waals surface area contributed by atoms with Crippen molar-refractivity contribution in [2.75, 3.05) is 18.4 Å². The van der Waals surface area contributed by atoms with E-state index in [0.717, 1.165) is 5.69 Å². The first-order valence-corrected chi connectivity index (χ1v) is 8.56. The van der Waals surface area contributed by atoms with Gasteiger partial charge >= 0.3 is 0 Å². The molecule has 0 spiro atoms. The lowest BCUT2D eigenvalue weighted by Crippen LogP contribution is -2.53. The number of aromatic nitrogens is 1. The van der Waals surface area contributed by atoms with Crippen molar-refractivity contribution < 1.29 is 9.59 Å². The van der Waals surface area contributed by atoms with Crippen LogP contribution in [0.3, 0.4) is 0 Å². The van der Waals surface area contributed by atoms with Crippen LogP contribution in [-0.4, -0.2) is 40.4 Å². The van der Waals surface area contributed by atoms with Gasteiger partial charge in [-0.15, -0.1) is 0 Å². The smallest absolute Gasteiger partial charge is 0.255 e. The minimum absolute atomic E-state index is 0.0222. The number of amides is 2. The van der Waals surface area contributed by atoms with Crippen molar-refractivity contribution in [3.05, 3.63) is 59.0 Å². The lowest BCUT2D eigenvalue weighted by atomic mass is 9.91. The van der Waals surface area contributed by atoms with E-state index in [0.29, 0.717) is 25.2 Å². The molecule has 0 radical (unpaired) electrons. The standard InChI is InChI=1S/C19H22N4O3/c1-13(24)22-11-9-16(17(20)12-22)19(26)21-14-5-7-15(8-6-14)23-10-3-2-4-18(23)25/h2-8,10,16-17H,9,11-12,20H2,1H3,(H,21,26). The van der Waals surface area contributed by atoms with Crippen molar-refractivity contribution in [2.45, 2.75) is 19.4 Å². The van der Waals surface area contributed by atoms with Crippen molar-refractivity contribution in [1.29, 1.82) is 0 Å². The van der Waals surface area contributed by atoms with Gasteiger partial charge in [0.15, 0.2) is 0 Å². The van der Waals surface area contributed by atoms with Gasteiger partial charge in [-0.2, -0.15) is 0 Å². The highest BCUT2D eigenvalue weighted by Gasteiger charge is 2.32. The van der Waals surface area contributed by atoms with Crippen LogP contribution in [-0.2, 0) is 9.59 Å². The summed E-state index contributed by atoms with van der Waals surface area (Å²) in [6.07, 6.45) is 2.24. The van der Waals surface area contributed by atoms with Gasteiger partial charge in [0, 0.05) is 49.7 Å². The molecule has 3 rings (SSSR count). The van der Waals surface area contributed by atoms with Crippen LogP contribution in [0.2, 0.25) is 0 Å². The Morgan fingerprint density at radius 1 is 1.15 bits per heavy atom. The van der Waals surface area contributed by atoms with Gasteiger partial charge in [-0.25, -0.2) is 0 Å². The summed E-state index contributed by atoms with van der Waals surface area (Å²) in [6.45, 7) is 2.44. The molecule has 136 valence electrons. The molecule has 0 bridgehead atoms. The lowest BCUT2D eigenvalue weighted by Gasteiger charge is -2.35. The average Bonchev–Trinajstić information content (AvgIpc) is 2.62. The molecule has 7 nitrogen and oxygen atoms in total. The maximum atomic E-state index is 12.5. The number of nitrogens with zero attached hydrogens (tertiary/aromatic N) is 2. The Labute approximate surface area is 151 Å². The summed E-state index contributed by atoms with van der Waals surface area (Å²) in [4.78, 5) is 37.5. The predicted molar refractivity (Wildman–Crippen MR) is 99.0 cm³/mol. The molecule has 2 heterocycles. The second-order valence-electron chi connectivity index (χ2n) is 6.47. The third kappa shape index (κ3) is 3.83. The normalized spacial score (nSPS) is 19.8. The monoisotopic (exact) mass is 354 g/mol. The van der Waals surface area contributed by atoms with Gasteiger partial charge in [-0.3, -0.25) is 19.0 Å². The van der Waals surface area contributed by atoms with Gasteiger partial charge < -0.3 is 16.0 Å². The van der Waals surface area contributed by atoms with E-state index in [1.807, 2.05) is 0 Å². The molecule has 2 atom stereocenters. The van der Waals surface area contributed by atoms with Crippen LogP contribution in [0.25, 0.3) is 5.69 Å². The van der Waals surface area contributed by atoms with Crippen molar-refractivity contribution in [1.82, 2.24) is 9.47 Å². The minimum Gasteiger partial charge on any atom is -0.341 e. The Morgan fingerprint density at radius 2 is 1.88 bits per heavy atom. The number of hydrogen-bond acceptors (Lipinski definition) is 4. The minimum atomic E-state index is -0.380. The first-order chi connectivity index (χ1) is 12.5. The summed E-state index contributed by atoms with van der Waals surface area (Å²) in [5.74, 6) is -0.501. The number of rotatable bonds is 3. The van der Waals surface area contributed by atoms with Gasteiger partial charge in [0.2, 0.25) is 11.8 Å². The highest BCUT2D eigenvalue weighted by atomic mass is 16.2. The molecular formula is C19H22N4O3. The number of benzene rings is 1. The van der Waals surface area contributed by atoms with E-state index >= 15 is 0 Å². The number of carbonyl (C=O) groups excluding carboxylic acids is 2. The zero-order chi connectivity index (χ0) is 18.7. The zero-order valence-electron chi connectivity index (χ0n) is 14.6. The van der Waals surface area contributed by atoms with Gasteiger partial charge in [0.05, 0.1) is 5.92 Å². The quantitative estimate of drug-likeness (QED) is 0.858. The van der Waals surface area contributed by atoms with Crippen LogP contribution in [0, 0.1) is 5.92 Å². The molecule has 2 aromatic rings. The number of carbonyl (C=O) groups is 2. The molecule has 2 amide bonds. The highest BCUT2D eigenvalue weighted by Crippen LogP contribution is 2.20. The number of likely N-dealkylation sites (tertiary alicyclic amines) is 1. The van der Waals surface area contributed by atoms with Crippen LogP contribution in [0.5, 0.6) is 0 Å². The summed E-state index contributed by atoms with van der Waals surface area (Å²) in [5.41, 5.74) is 7.33. The molecule has 2 unspecified atom stereocenters. The molecule has 1 aromatic heterocycles. The lowest BCUT2D eigenvalue weighted by molar-refractivity contribution is -0.133. The third-order valence-electron chi connectivity index (χ3n) is 4.68. The van der Waals surface area contributed by atoms with Crippen molar-refractivity contribution >= 4 is 17.5 Å². The van der Waals surface area contributed by atoms with Crippen LogP contribution in [0.4, 0.5) is 5.69 Å². The topological polar surface area (TPSA) is 97.4 Å². The summed E-state index contributed by atoms with van der Waals surface area (Å²) in [5, 5.41) is 2.87. The van der Waals surface area contributed by atoms with Gasteiger partial charge in [0.25, 0.3) is 5.56 Å². The predicted octanol–water partition coefficient (Wildman–Crippen LogP) is 0.972. The van der Waals surface area contributed by atoms with Crippen LogP contribution >= 0.6 is 0 Å². The molecule has 3 N–H and O–H groups in total. The first kappa shape index (κ1) is 17.9. The number of piperidine rings is 1. The SMILES string of the molecule is CC(=O)N1CCC(C(=O)Nc2ccc(-n3ccccc3=O)cc2)C(N)C1. The fraction of sp³-hybridized carbons (Fsp3) is 0.316. The van der Waals surface area contributed by atoms with E-state index in [1.165, 1.54) is 17.6 Å². The molecule has 1 aromatic carbocycles. The molecule has 0 saturated carbocycles. The van der Waals surface area contributed by atoms with Gasteiger partial charge in [0.1, 0.15) is 0 Å². The first-order valence-electron chi connectivity index (χ1n) is 8.56. The van der Waals surface area contributed by atoms with Crippen LogP contribution in [0.1, 0.15) is 13.3 Å². The summed E-state index contributed by atoms with van der Waals surface area (Å²) in [7, 11) is 0. The Morgan fingerprint density at radius 3 is 2.50 bits per heavy atom. The van der Waals surface area contributed by atoms with E-state index < -0.39 is 0 Å². The fourth-order valence-electron chi connectivity index (χ4n) is 3.17. The largest absolute Gasteiger partial charge is 0.341 e. The summed E-state index contributed by atoms with van der Waals surface area (Å²) >= 11 is 0. The van der Waals surface area contributed by atoms with Gasteiger partial charge in [-0.05, 0) is 36.8 Å². The Balaban J connectivity index is 1.66. The van der Waals surface area contributed by atoms with E-state index in [1.54, 1.807) is 47.5 Å². The Hall–Kier alpha value is -2.93. The molecule has 0 aliphatic carbocycles. The Bertz CT molecular complexity index is 860. The van der Waals surface area contributed by atoms with Crippen molar-refractivity contribution in [3.8, 4) is 5.69 Å². The number of hydrogen-bond donors (Lipinski definition) is 2. The molecule has 1 saturated heterocycles. The third-order valence-corrected chi connectivity index (χ3v) is 4.68. The number of nitrogens with one attached hydrogen (secondary N) is 1. The fourth-order valence-corrected chi connectivity index (χ4v) is 3.17. The van der Waals surface area contributed by atoms with Gasteiger partial charge in [-0.1, -0.05) is 6.07 Å². The van der Waals surface area contributed by atoms with Crippen molar-refractivity contribution in [3.63, 3.8) is 0 Å². The number of nitrogens with two attached hydrogens (primary N) is 1. The highest BCUT2D eigenvalue weighted by molar-refractivity contribution is 5.93. The molecule has 1 aliphatic rings. The average molecular weight is 354 g/mol. The molecule has 7 heteroatoms.